The van der Waals surface area contributed by atoms with Crippen LogP contribution in [0.3, 0.4) is 0 Å². The summed E-state index contributed by atoms with van der Waals surface area (Å²) >= 11 is 1.82. The highest BCUT2D eigenvalue weighted by Crippen LogP contribution is 2.37. The average Bonchev–Trinajstić information content (AvgIpc) is 3.03. The van der Waals surface area contributed by atoms with Crippen LogP contribution in [-0.2, 0) is 13.0 Å². The molecule has 0 saturated carbocycles. The first-order chi connectivity index (χ1) is 8.83. The Labute approximate surface area is 111 Å². The van der Waals surface area contributed by atoms with Crippen LogP contribution in [0.5, 0.6) is 0 Å². The molecule has 0 spiro atoms. The lowest BCUT2D eigenvalue weighted by Gasteiger charge is -2.19. The minimum atomic E-state index is 0.484. The highest BCUT2D eigenvalue weighted by Gasteiger charge is 2.24. The SMILES string of the molecule is CCn1nccc1-c1nc2c(s1)C(NC)CCC2. The van der Waals surface area contributed by atoms with Crippen molar-refractivity contribution in [2.75, 3.05) is 7.05 Å². The molecule has 0 fully saturated rings. The van der Waals surface area contributed by atoms with E-state index in [2.05, 4.69) is 23.4 Å². The Hall–Kier alpha value is -1.20. The number of aryl methyl sites for hydroxylation is 2. The number of nitrogens with zero attached hydrogens (tertiary/aromatic N) is 3. The van der Waals surface area contributed by atoms with Crippen molar-refractivity contribution in [1.82, 2.24) is 20.1 Å². The van der Waals surface area contributed by atoms with Crippen molar-refractivity contribution in [3.8, 4) is 10.7 Å². The highest BCUT2D eigenvalue weighted by atomic mass is 32.1. The zero-order chi connectivity index (χ0) is 12.5. The molecule has 0 saturated heterocycles. The van der Waals surface area contributed by atoms with Crippen molar-refractivity contribution in [2.24, 2.45) is 0 Å². The molecule has 0 bridgehead atoms. The van der Waals surface area contributed by atoms with E-state index in [-0.39, 0.29) is 0 Å². The minimum Gasteiger partial charge on any atom is -0.312 e. The lowest BCUT2D eigenvalue weighted by Crippen LogP contribution is -2.19. The largest absolute Gasteiger partial charge is 0.312 e. The van der Waals surface area contributed by atoms with Gasteiger partial charge in [0.1, 0.15) is 5.01 Å². The van der Waals surface area contributed by atoms with Gasteiger partial charge in [-0.05, 0) is 39.3 Å². The first kappa shape index (κ1) is 11.9. The fourth-order valence-electron chi connectivity index (χ4n) is 2.57. The van der Waals surface area contributed by atoms with Crippen molar-refractivity contribution in [1.29, 1.82) is 0 Å². The van der Waals surface area contributed by atoms with E-state index in [9.17, 15) is 0 Å². The summed E-state index contributed by atoms with van der Waals surface area (Å²) in [7, 11) is 2.04. The molecule has 1 atom stereocenters. The number of fused-ring (bicyclic) bond motifs is 1. The van der Waals surface area contributed by atoms with Gasteiger partial charge in [-0.2, -0.15) is 5.10 Å². The molecule has 96 valence electrons. The Balaban J connectivity index is 2.02. The molecule has 4 nitrogen and oxygen atoms in total. The number of thiazole rings is 1. The molecule has 0 aromatic carbocycles. The molecule has 0 amide bonds. The van der Waals surface area contributed by atoms with Crippen LogP contribution in [0.2, 0.25) is 0 Å². The number of aromatic nitrogens is 3. The molecule has 0 radical (unpaired) electrons. The normalized spacial score (nSPS) is 18.9. The second-order valence-electron chi connectivity index (χ2n) is 4.60. The predicted molar refractivity (Wildman–Crippen MR) is 73.7 cm³/mol. The summed E-state index contributed by atoms with van der Waals surface area (Å²) in [6.07, 6.45) is 5.42. The van der Waals surface area contributed by atoms with E-state index in [4.69, 9.17) is 4.98 Å². The van der Waals surface area contributed by atoms with Crippen molar-refractivity contribution in [2.45, 2.75) is 38.8 Å². The molecule has 0 aliphatic heterocycles. The molecule has 1 unspecified atom stereocenters. The molecule has 1 N–H and O–H groups in total. The van der Waals surface area contributed by atoms with Crippen LogP contribution in [0.4, 0.5) is 0 Å². The van der Waals surface area contributed by atoms with Crippen molar-refractivity contribution >= 4 is 11.3 Å². The average molecular weight is 262 g/mol. The Morgan fingerprint density at radius 3 is 3.22 bits per heavy atom. The highest BCUT2D eigenvalue weighted by molar-refractivity contribution is 7.15. The molecule has 2 aromatic rings. The van der Waals surface area contributed by atoms with Gasteiger partial charge < -0.3 is 5.32 Å². The summed E-state index contributed by atoms with van der Waals surface area (Å²) in [5.41, 5.74) is 2.43. The standard InChI is InChI=1S/C13H18N4S/c1-3-17-11(7-8-15-17)13-16-10-6-4-5-9(14-2)12(10)18-13/h7-9,14H,3-6H2,1-2H3. The summed E-state index contributed by atoms with van der Waals surface area (Å²) in [4.78, 5) is 6.24. The minimum absolute atomic E-state index is 0.484. The summed E-state index contributed by atoms with van der Waals surface area (Å²) < 4.78 is 2.01. The lowest BCUT2D eigenvalue weighted by atomic mass is 9.98. The van der Waals surface area contributed by atoms with Gasteiger partial charge in [-0.15, -0.1) is 11.3 Å². The van der Waals surface area contributed by atoms with Crippen molar-refractivity contribution in [3.05, 3.63) is 22.8 Å². The maximum absolute atomic E-state index is 4.82. The quantitative estimate of drug-likeness (QED) is 0.924. The van der Waals surface area contributed by atoms with Gasteiger partial charge in [0, 0.05) is 23.7 Å². The number of hydrogen-bond acceptors (Lipinski definition) is 4. The predicted octanol–water partition coefficient (Wildman–Crippen LogP) is 2.62. The monoisotopic (exact) mass is 262 g/mol. The molecule has 18 heavy (non-hydrogen) atoms. The van der Waals surface area contributed by atoms with E-state index in [0.29, 0.717) is 6.04 Å². The fourth-order valence-corrected chi connectivity index (χ4v) is 3.86. The Bertz CT molecular complexity index is 543. The van der Waals surface area contributed by atoms with Gasteiger partial charge in [0.05, 0.1) is 11.4 Å². The van der Waals surface area contributed by atoms with Gasteiger partial charge in [-0.3, -0.25) is 4.68 Å². The Morgan fingerprint density at radius 2 is 2.44 bits per heavy atom. The maximum Gasteiger partial charge on any atom is 0.142 e. The summed E-state index contributed by atoms with van der Waals surface area (Å²) in [6.45, 7) is 3.00. The van der Waals surface area contributed by atoms with Gasteiger partial charge in [-0.25, -0.2) is 4.98 Å². The Morgan fingerprint density at radius 1 is 1.56 bits per heavy atom. The number of rotatable bonds is 3. The molecule has 3 rings (SSSR count). The van der Waals surface area contributed by atoms with E-state index < -0.39 is 0 Å². The van der Waals surface area contributed by atoms with Crippen LogP contribution in [-0.4, -0.2) is 21.8 Å². The van der Waals surface area contributed by atoms with Gasteiger partial charge >= 0.3 is 0 Å². The van der Waals surface area contributed by atoms with E-state index in [1.165, 1.54) is 23.4 Å². The van der Waals surface area contributed by atoms with Crippen LogP contribution in [0.1, 0.15) is 36.4 Å². The molecule has 5 heteroatoms. The summed E-state index contributed by atoms with van der Waals surface area (Å²) in [5.74, 6) is 0. The third-order valence-corrected chi connectivity index (χ3v) is 4.77. The van der Waals surface area contributed by atoms with Crippen LogP contribution in [0.25, 0.3) is 10.7 Å². The maximum atomic E-state index is 4.82. The first-order valence-corrected chi connectivity index (χ1v) is 7.34. The van der Waals surface area contributed by atoms with Crippen molar-refractivity contribution in [3.63, 3.8) is 0 Å². The van der Waals surface area contributed by atoms with E-state index in [0.717, 1.165) is 23.7 Å². The van der Waals surface area contributed by atoms with E-state index in [1.54, 1.807) is 0 Å². The summed E-state index contributed by atoms with van der Waals surface area (Å²) in [6, 6.07) is 2.54. The molecular formula is C13H18N4S. The second kappa shape index (κ2) is 4.82. The van der Waals surface area contributed by atoms with Gasteiger partial charge in [-0.1, -0.05) is 0 Å². The second-order valence-corrected chi connectivity index (χ2v) is 5.63. The molecule has 1 aliphatic rings. The molecule has 2 aromatic heterocycles. The third-order valence-electron chi connectivity index (χ3n) is 3.53. The lowest BCUT2D eigenvalue weighted by molar-refractivity contribution is 0.501. The van der Waals surface area contributed by atoms with Crippen LogP contribution in [0.15, 0.2) is 12.3 Å². The number of hydrogen-bond donors (Lipinski definition) is 1. The number of nitrogens with one attached hydrogen (secondary N) is 1. The molecular weight excluding hydrogens is 244 g/mol. The topological polar surface area (TPSA) is 42.7 Å². The van der Waals surface area contributed by atoms with Crippen LogP contribution >= 0.6 is 11.3 Å². The molecule has 1 aliphatic carbocycles. The van der Waals surface area contributed by atoms with Crippen molar-refractivity contribution < 1.29 is 0 Å². The van der Waals surface area contributed by atoms with Crippen LogP contribution < -0.4 is 5.32 Å². The van der Waals surface area contributed by atoms with Gasteiger partial charge in [0.25, 0.3) is 0 Å². The van der Waals surface area contributed by atoms with Gasteiger partial charge in [0.2, 0.25) is 0 Å². The summed E-state index contributed by atoms with van der Waals surface area (Å²) in [5, 5.41) is 8.83. The zero-order valence-corrected chi connectivity index (χ0v) is 11.6. The zero-order valence-electron chi connectivity index (χ0n) is 10.8. The smallest absolute Gasteiger partial charge is 0.142 e. The van der Waals surface area contributed by atoms with E-state index >= 15 is 0 Å². The van der Waals surface area contributed by atoms with Crippen LogP contribution in [0, 0.1) is 0 Å². The van der Waals surface area contributed by atoms with Gasteiger partial charge in [0.15, 0.2) is 0 Å². The third kappa shape index (κ3) is 1.87. The fraction of sp³-hybridized carbons (Fsp3) is 0.538. The first-order valence-electron chi connectivity index (χ1n) is 6.52. The Kier molecular flexibility index (Phi) is 3.18. The molecule has 2 heterocycles. The van der Waals surface area contributed by atoms with E-state index in [1.807, 2.05) is 29.3 Å².